The molecule has 3 atom stereocenters. The largest absolute Gasteiger partial charge is 0.469 e. The zero-order valence-electron chi connectivity index (χ0n) is 9.82. The van der Waals surface area contributed by atoms with E-state index in [0.29, 0.717) is 12.3 Å². The van der Waals surface area contributed by atoms with E-state index in [-0.39, 0.29) is 17.4 Å². The highest BCUT2D eigenvalue weighted by Crippen LogP contribution is 2.39. The second kappa shape index (κ2) is 4.79. The standard InChI is InChI=1S/C12H21NO2/c1-9(8-11(14)15-3)12(2)6-4-10(13)5-7-12/h4,6,9-10H,5,7-8,13H2,1-3H3/t9-,10?,12?/m0/s1. The normalized spacial score (nSPS) is 32.4. The molecule has 1 rings (SSSR count). The summed E-state index contributed by atoms with van der Waals surface area (Å²) in [6, 6.07) is 0.184. The first-order valence-corrected chi connectivity index (χ1v) is 5.49. The number of hydrogen-bond acceptors (Lipinski definition) is 3. The molecule has 0 fully saturated rings. The molecule has 86 valence electrons. The Balaban J connectivity index is 2.61. The minimum atomic E-state index is -0.132. The highest BCUT2D eigenvalue weighted by molar-refractivity contribution is 5.69. The van der Waals surface area contributed by atoms with Crippen LogP contribution in [0.3, 0.4) is 0 Å². The van der Waals surface area contributed by atoms with Gasteiger partial charge in [-0.25, -0.2) is 0 Å². The molecule has 3 heteroatoms. The molecule has 0 saturated carbocycles. The monoisotopic (exact) mass is 211 g/mol. The maximum Gasteiger partial charge on any atom is 0.305 e. The molecule has 1 aliphatic carbocycles. The Hall–Kier alpha value is -0.830. The van der Waals surface area contributed by atoms with Crippen LogP contribution in [0.2, 0.25) is 0 Å². The van der Waals surface area contributed by atoms with Gasteiger partial charge in [0.15, 0.2) is 0 Å². The van der Waals surface area contributed by atoms with Crippen molar-refractivity contribution in [2.24, 2.45) is 17.1 Å². The van der Waals surface area contributed by atoms with Gasteiger partial charge >= 0.3 is 5.97 Å². The summed E-state index contributed by atoms with van der Waals surface area (Å²) in [5.41, 5.74) is 5.89. The first-order chi connectivity index (χ1) is 6.98. The Morgan fingerprint density at radius 1 is 1.73 bits per heavy atom. The molecule has 2 unspecified atom stereocenters. The Kier molecular flexibility index (Phi) is 3.91. The SMILES string of the molecule is COC(=O)C[C@H](C)C1(C)C=CC(N)CC1. The fourth-order valence-electron chi connectivity index (χ4n) is 1.98. The molecule has 0 aromatic rings. The molecule has 0 aromatic heterocycles. The summed E-state index contributed by atoms with van der Waals surface area (Å²) in [4.78, 5) is 11.2. The summed E-state index contributed by atoms with van der Waals surface area (Å²) in [7, 11) is 1.43. The molecular weight excluding hydrogens is 190 g/mol. The minimum absolute atomic E-state index is 0.0874. The zero-order chi connectivity index (χ0) is 11.5. The number of carbonyl (C=O) groups excluding carboxylic acids is 1. The van der Waals surface area contributed by atoms with Gasteiger partial charge in [-0.05, 0) is 24.2 Å². The van der Waals surface area contributed by atoms with Crippen molar-refractivity contribution in [2.75, 3.05) is 7.11 Å². The van der Waals surface area contributed by atoms with E-state index in [9.17, 15) is 4.79 Å². The zero-order valence-corrected chi connectivity index (χ0v) is 9.82. The molecule has 0 amide bonds. The van der Waals surface area contributed by atoms with Gasteiger partial charge in [-0.2, -0.15) is 0 Å². The molecule has 0 saturated heterocycles. The van der Waals surface area contributed by atoms with Crippen LogP contribution in [0.25, 0.3) is 0 Å². The van der Waals surface area contributed by atoms with Crippen LogP contribution in [0.5, 0.6) is 0 Å². The van der Waals surface area contributed by atoms with Gasteiger partial charge in [0.05, 0.1) is 7.11 Å². The Labute approximate surface area is 91.7 Å². The Morgan fingerprint density at radius 2 is 2.40 bits per heavy atom. The highest BCUT2D eigenvalue weighted by Gasteiger charge is 2.32. The van der Waals surface area contributed by atoms with Crippen molar-refractivity contribution < 1.29 is 9.53 Å². The van der Waals surface area contributed by atoms with Crippen LogP contribution in [-0.4, -0.2) is 19.1 Å². The molecule has 0 aromatic carbocycles. The topological polar surface area (TPSA) is 52.3 Å². The molecule has 2 N–H and O–H groups in total. The smallest absolute Gasteiger partial charge is 0.305 e. The number of ether oxygens (including phenoxy) is 1. The van der Waals surface area contributed by atoms with E-state index in [0.717, 1.165) is 12.8 Å². The number of methoxy groups -OCH3 is 1. The third-order valence-electron chi connectivity index (χ3n) is 3.57. The number of allylic oxidation sites excluding steroid dienone is 1. The lowest BCUT2D eigenvalue weighted by molar-refractivity contribution is -0.142. The van der Waals surface area contributed by atoms with E-state index >= 15 is 0 Å². The first-order valence-electron chi connectivity index (χ1n) is 5.49. The third-order valence-corrected chi connectivity index (χ3v) is 3.57. The van der Waals surface area contributed by atoms with Gasteiger partial charge in [0, 0.05) is 12.5 Å². The van der Waals surface area contributed by atoms with Crippen LogP contribution in [0.4, 0.5) is 0 Å². The van der Waals surface area contributed by atoms with Gasteiger partial charge in [0.1, 0.15) is 0 Å². The van der Waals surface area contributed by atoms with Crippen LogP contribution >= 0.6 is 0 Å². The van der Waals surface area contributed by atoms with Gasteiger partial charge in [-0.3, -0.25) is 4.79 Å². The molecule has 1 aliphatic rings. The van der Waals surface area contributed by atoms with Crippen molar-refractivity contribution in [1.29, 1.82) is 0 Å². The lowest BCUT2D eigenvalue weighted by Crippen LogP contribution is -2.32. The number of esters is 1. The summed E-state index contributed by atoms with van der Waals surface area (Å²) in [6.07, 6.45) is 6.74. The molecule has 15 heavy (non-hydrogen) atoms. The summed E-state index contributed by atoms with van der Waals surface area (Å²) in [5.74, 6) is 0.167. The lowest BCUT2D eigenvalue weighted by Gasteiger charge is -2.36. The second-order valence-corrected chi connectivity index (χ2v) is 4.75. The first kappa shape index (κ1) is 12.2. The maximum absolute atomic E-state index is 11.2. The fraction of sp³-hybridized carbons (Fsp3) is 0.750. The van der Waals surface area contributed by atoms with Crippen LogP contribution < -0.4 is 5.73 Å². The summed E-state index contributed by atoms with van der Waals surface area (Å²) >= 11 is 0. The average Bonchev–Trinajstić information content (AvgIpc) is 2.22. The number of rotatable bonds is 3. The minimum Gasteiger partial charge on any atom is -0.469 e. The second-order valence-electron chi connectivity index (χ2n) is 4.75. The lowest BCUT2D eigenvalue weighted by atomic mass is 9.70. The van der Waals surface area contributed by atoms with E-state index in [1.807, 2.05) is 0 Å². The summed E-state index contributed by atoms with van der Waals surface area (Å²) in [6.45, 7) is 4.28. The molecular formula is C12H21NO2. The van der Waals surface area contributed by atoms with E-state index in [4.69, 9.17) is 10.5 Å². The van der Waals surface area contributed by atoms with Crippen molar-refractivity contribution >= 4 is 5.97 Å². The summed E-state index contributed by atoms with van der Waals surface area (Å²) < 4.78 is 4.69. The van der Waals surface area contributed by atoms with Crippen molar-refractivity contribution in [3.8, 4) is 0 Å². The van der Waals surface area contributed by atoms with Gasteiger partial charge in [0.2, 0.25) is 0 Å². The van der Waals surface area contributed by atoms with Crippen molar-refractivity contribution in [2.45, 2.75) is 39.2 Å². The molecule has 0 heterocycles. The maximum atomic E-state index is 11.2. The van der Waals surface area contributed by atoms with Crippen LogP contribution in [0, 0.1) is 11.3 Å². The molecule has 0 bridgehead atoms. The highest BCUT2D eigenvalue weighted by atomic mass is 16.5. The average molecular weight is 211 g/mol. The van der Waals surface area contributed by atoms with E-state index in [2.05, 4.69) is 26.0 Å². The van der Waals surface area contributed by atoms with Gasteiger partial charge < -0.3 is 10.5 Å². The van der Waals surface area contributed by atoms with Gasteiger partial charge in [0.25, 0.3) is 0 Å². The van der Waals surface area contributed by atoms with Gasteiger partial charge in [-0.15, -0.1) is 0 Å². The quantitative estimate of drug-likeness (QED) is 0.572. The summed E-state index contributed by atoms with van der Waals surface area (Å²) in [5, 5.41) is 0. The predicted molar refractivity (Wildman–Crippen MR) is 60.3 cm³/mol. The molecule has 0 radical (unpaired) electrons. The van der Waals surface area contributed by atoms with Crippen molar-refractivity contribution in [3.05, 3.63) is 12.2 Å². The van der Waals surface area contributed by atoms with Crippen molar-refractivity contribution in [1.82, 2.24) is 0 Å². The van der Waals surface area contributed by atoms with E-state index in [1.165, 1.54) is 7.11 Å². The Morgan fingerprint density at radius 3 is 2.87 bits per heavy atom. The Bertz CT molecular complexity index is 262. The number of nitrogens with two attached hydrogens (primary N) is 1. The number of hydrogen-bond donors (Lipinski definition) is 1. The van der Waals surface area contributed by atoms with Crippen LogP contribution in [0.15, 0.2) is 12.2 Å². The molecule has 0 aliphatic heterocycles. The van der Waals surface area contributed by atoms with Crippen LogP contribution in [0.1, 0.15) is 33.1 Å². The van der Waals surface area contributed by atoms with Gasteiger partial charge in [-0.1, -0.05) is 26.0 Å². The number of carbonyl (C=O) groups is 1. The van der Waals surface area contributed by atoms with E-state index in [1.54, 1.807) is 0 Å². The third kappa shape index (κ3) is 3.06. The van der Waals surface area contributed by atoms with Crippen molar-refractivity contribution in [3.63, 3.8) is 0 Å². The predicted octanol–water partition coefficient (Wildman–Crippen LogP) is 1.87. The fourth-order valence-corrected chi connectivity index (χ4v) is 1.98. The van der Waals surface area contributed by atoms with E-state index < -0.39 is 0 Å². The molecule has 3 nitrogen and oxygen atoms in total. The van der Waals surface area contributed by atoms with Crippen LogP contribution in [-0.2, 0) is 9.53 Å². The molecule has 0 spiro atoms.